The molecule has 0 saturated heterocycles. The van der Waals surface area contributed by atoms with Crippen LogP contribution in [0.1, 0.15) is 56.0 Å². The molecule has 0 aromatic carbocycles. The molecule has 0 radical (unpaired) electrons. The molecule has 1 fully saturated rings. The van der Waals surface area contributed by atoms with Gasteiger partial charge in [0.1, 0.15) is 0 Å². The lowest BCUT2D eigenvalue weighted by molar-refractivity contribution is 0.0575. The van der Waals surface area contributed by atoms with Crippen LogP contribution in [-0.4, -0.2) is 29.0 Å². The Hall–Kier alpha value is -0.450. The third kappa shape index (κ3) is 3.41. The molecule has 114 valence electrons. The highest BCUT2D eigenvalue weighted by molar-refractivity contribution is 7.09. The molecule has 0 bridgehead atoms. The lowest BCUT2D eigenvalue weighted by Gasteiger charge is -2.46. The molecule has 4 heteroatoms. The summed E-state index contributed by atoms with van der Waals surface area (Å²) >= 11 is 1.77. The summed E-state index contributed by atoms with van der Waals surface area (Å²) in [6, 6.07) is 0. The van der Waals surface area contributed by atoms with Gasteiger partial charge in [-0.05, 0) is 45.6 Å². The molecule has 2 rings (SSSR count). The molecule has 0 atom stereocenters. The van der Waals surface area contributed by atoms with Crippen LogP contribution in [0.15, 0.2) is 5.51 Å². The number of aryl methyl sites for hydroxylation is 1. The number of likely N-dealkylation sites (N-methyl/N-ethyl adjacent to an activating group) is 1. The second kappa shape index (κ2) is 7.01. The fourth-order valence-corrected chi connectivity index (χ4v) is 4.34. The van der Waals surface area contributed by atoms with Crippen LogP contribution in [-0.2, 0) is 6.54 Å². The first-order chi connectivity index (χ1) is 9.61. The number of hydrogen-bond donors (Lipinski definition) is 1. The Kier molecular flexibility index (Phi) is 5.58. The van der Waals surface area contributed by atoms with Crippen molar-refractivity contribution >= 4 is 11.3 Å². The minimum Gasteiger partial charge on any atom is -0.329 e. The van der Waals surface area contributed by atoms with E-state index < -0.39 is 0 Å². The zero-order valence-corrected chi connectivity index (χ0v) is 14.0. The fraction of sp³-hybridized carbons (Fsp3) is 0.812. The molecule has 1 aliphatic rings. The molecule has 2 N–H and O–H groups in total. The Morgan fingerprint density at radius 1 is 1.45 bits per heavy atom. The van der Waals surface area contributed by atoms with E-state index in [1.165, 1.54) is 49.1 Å². The zero-order valence-electron chi connectivity index (χ0n) is 13.2. The molecule has 1 heterocycles. The van der Waals surface area contributed by atoms with E-state index in [9.17, 15) is 0 Å². The van der Waals surface area contributed by atoms with Gasteiger partial charge in [-0.15, -0.1) is 11.3 Å². The van der Waals surface area contributed by atoms with E-state index in [0.717, 1.165) is 19.0 Å². The number of thiazole rings is 1. The zero-order chi connectivity index (χ0) is 14.6. The van der Waals surface area contributed by atoms with Gasteiger partial charge in [0.2, 0.25) is 0 Å². The van der Waals surface area contributed by atoms with E-state index in [-0.39, 0.29) is 5.54 Å². The summed E-state index contributed by atoms with van der Waals surface area (Å²) in [4.78, 5) is 8.24. The molecule has 0 amide bonds. The van der Waals surface area contributed by atoms with Gasteiger partial charge in [0.25, 0.3) is 0 Å². The van der Waals surface area contributed by atoms with E-state index in [4.69, 9.17) is 5.73 Å². The van der Waals surface area contributed by atoms with Crippen LogP contribution < -0.4 is 5.73 Å². The Bertz CT molecular complexity index is 408. The normalized spacial score (nSPS) is 27.1. The van der Waals surface area contributed by atoms with E-state index in [0.29, 0.717) is 0 Å². The smallest absolute Gasteiger partial charge is 0.0798 e. The van der Waals surface area contributed by atoms with E-state index >= 15 is 0 Å². The van der Waals surface area contributed by atoms with Crippen molar-refractivity contribution in [3.63, 3.8) is 0 Å². The topological polar surface area (TPSA) is 42.1 Å². The van der Waals surface area contributed by atoms with E-state index in [1.807, 2.05) is 5.51 Å². The maximum atomic E-state index is 6.17. The van der Waals surface area contributed by atoms with E-state index in [2.05, 4.69) is 30.8 Å². The van der Waals surface area contributed by atoms with Crippen LogP contribution in [0.3, 0.4) is 0 Å². The van der Waals surface area contributed by atoms with Gasteiger partial charge in [-0.2, -0.15) is 0 Å². The SMILES string of the molecule is CCCC1CCC(CN)(N(C)Cc2scnc2C)CC1. The van der Waals surface area contributed by atoms with Gasteiger partial charge in [-0.3, -0.25) is 4.90 Å². The summed E-state index contributed by atoms with van der Waals surface area (Å²) in [5, 5.41) is 0. The first-order valence-corrected chi connectivity index (χ1v) is 8.79. The summed E-state index contributed by atoms with van der Waals surface area (Å²) < 4.78 is 0. The van der Waals surface area contributed by atoms with Crippen molar-refractivity contribution in [2.45, 2.75) is 64.5 Å². The van der Waals surface area contributed by atoms with Crippen molar-refractivity contribution in [2.24, 2.45) is 11.7 Å². The van der Waals surface area contributed by atoms with Gasteiger partial charge >= 0.3 is 0 Å². The van der Waals surface area contributed by atoms with Crippen molar-refractivity contribution in [2.75, 3.05) is 13.6 Å². The highest BCUT2D eigenvalue weighted by atomic mass is 32.1. The number of nitrogens with two attached hydrogens (primary N) is 1. The molecule has 3 nitrogen and oxygen atoms in total. The lowest BCUT2D eigenvalue weighted by atomic mass is 9.74. The number of hydrogen-bond acceptors (Lipinski definition) is 4. The van der Waals surface area contributed by atoms with Crippen LogP contribution >= 0.6 is 11.3 Å². The highest BCUT2D eigenvalue weighted by Crippen LogP contribution is 2.38. The standard InChI is InChI=1S/C16H29N3S/c1-4-5-14-6-8-16(11-17,9-7-14)19(3)10-15-13(2)18-12-20-15/h12,14H,4-11,17H2,1-3H3. The van der Waals surface area contributed by atoms with Crippen LogP contribution in [0.25, 0.3) is 0 Å². The number of rotatable bonds is 6. The maximum Gasteiger partial charge on any atom is 0.0798 e. The highest BCUT2D eigenvalue weighted by Gasteiger charge is 2.37. The fourth-order valence-electron chi connectivity index (χ4n) is 3.51. The molecular formula is C16H29N3S. The molecule has 1 saturated carbocycles. The first-order valence-electron chi connectivity index (χ1n) is 7.91. The van der Waals surface area contributed by atoms with Gasteiger partial charge in [-0.25, -0.2) is 4.98 Å². The minimum absolute atomic E-state index is 0.209. The average molecular weight is 295 g/mol. The van der Waals surface area contributed by atoms with Gasteiger partial charge in [0, 0.05) is 23.5 Å². The number of nitrogens with zero attached hydrogens (tertiary/aromatic N) is 2. The van der Waals surface area contributed by atoms with Crippen molar-refractivity contribution in [1.82, 2.24) is 9.88 Å². The summed E-state index contributed by atoms with van der Waals surface area (Å²) in [5.74, 6) is 0.929. The Labute approximate surface area is 127 Å². The van der Waals surface area contributed by atoms with Crippen molar-refractivity contribution in [3.05, 3.63) is 16.1 Å². The molecule has 0 spiro atoms. The van der Waals surface area contributed by atoms with Crippen LogP contribution in [0, 0.1) is 12.8 Å². The Morgan fingerprint density at radius 2 is 2.15 bits per heavy atom. The van der Waals surface area contributed by atoms with Crippen LogP contribution in [0.5, 0.6) is 0 Å². The summed E-state index contributed by atoms with van der Waals surface area (Å²) in [6.07, 6.45) is 7.90. The van der Waals surface area contributed by atoms with Gasteiger partial charge in [-0.1, -0.05) is 19.8 Å². The summed E-state index contributed by atoms with van der Waals surface area (Å²) in [5.41, 5.74) is 9.51. The van der Waals surface area contributed by atoms with Crippen molar-refractivity contribution in [1.29, 1.82) is 0 Å². The first kappa shape index (κ1) is 15.9. The van der Waals surface area contributed by atoms with E-state index in [1.54, 1.807) is 11.3 Å². The second-order valence-electron chi connectivity index (χ2n) is 6.38. The third-order valence-electron chi connectivity index (χ3n) is 5.15. The van der Waals surface area contributed by atoms with Crippen molar-refractivity contribution < 1.29 is 0 Å². The summed E-state index contributed by atoms with van der Waals surface area (Å²) in [6.45, 7) is 6.17. The van der Waals surface area contributed by atoms with Gasteiger partial charge in [0.15, 0.2) is 0 Å². The molecule has 1 aliphatic carbocycles. The quantitative estimate of drug-likeness (QED) is 0.872. The van der Waals surface area contributed by atoms with Crippen LogP contribution in [0.4, 0.5) is 0 Å². The Morgan fingerprint density at radius 3 is 2.65 bits per heavy atom. The molecule has 0 aliphatic heterocycles. The minimum atomic E-state index is 0.209. The number of aromatic nitrogens is 1. The average Bonchev–Trinajstić information content (AvgIpc) is 2.86. The second-order valence-corrected chi connectivity index (χ2v) is 7.32. The molecule has 20 heavy (non-hydrogen) atoms. The Balaban J connectivity index is 1.99. The lowest BCUT2D eigenvalue weighted by Crippen LogP contribution is -2.53. The van der Waals surface area contributed by atoms with Gasteiger partial charge < -0.3 is 5.73 Å². The molecule has 1 aromatic rings. The van der Waals surface area contributed by atoms with Crippen LogP contribution in [0.2, 0.25) is 0 Å². The summed E-state index contributed by atoms with van der Waals surface area (Å²) in [7, 11) is 2.24. The van der Waals surface area contributed by atoms with Crippen molar-refractivity contribution in [3.8, 4) is 0 Å². The maximum absolute atomic E-state index is 6.17. The predicted molar refractivity (Wildman–Crippen MR) is 87.0 cm³/mol. The predicted octanol–water partition coefficient (Wildman–Crippen LogP) is 3.57. The molecule has 0 unspecified atom stereocenters. The third-order valence-corrected chi connectivity index (χ3v) is 6.07. The molecule has 1 aromatic heterocycles. The molecular weight excluding hydrogens is 266 g/mol. The van der Waals surface area contributed by atoms with Gasteiger partial charge in [0.05, 0.1) is 11.2 Å². The largest absolute Gasteiger partial charge is 0.329 e. The monoisotopic (exact) mass is 295 g/mol.